The molecular weight excluding hydrogens is 425 g/mol. The molecular formula is C21H26FN3O3S2. The summed E-state index contributed by atoms with van der Waals surface area (Å²) in [6, 6.07) is 6.31. The van der Waals surface area contributed by atoms with E-state index in [1.54, 1.807) is 6.07 Å². The van der Waals surface area contributed by atoms with Crippen LogP contribution in [0.3, 0.4) is 0 Å². The minimum Gasteiger partial charge on any atom is -0.467 e. The fourth-order valence-electron chi connectivity index (χ4n) is 4.45. The van der Waals surface area contributed by atoms with Crippen LogP contribution in [-0.2, 0) is 23.0 Å². The number of benzene rings is 1. The smallest absolute Gasteiger partial charge is 0.273 e. The van der Waals surface area contributed by atoms with Crippen molar-refractivity contribution in [3.63, 3.8) is 0 Å². The molecule has 0 unspecified atom stereocenters. The van der Waals surface area contributed by atoms with Crippen LogP contribution >= 0.6 is 11.3 Å². The summed E-state index contributed by atoms with van der Waals surface area (Å²) in [5.41, 5.74) is 0.905. The molecule has 2 aromatic rings. The Morgan fingerprint density at radius 2 is 1.87 bits per heavy atom. The van der Waals surface area contributed by atoms with Gasteiger partial charge in [0.2, 0.25) is 10.0 Å². The highest BCUT2D eigenvalue weighted by molar-refractivity contribution is 7.89. The minimum atomic E-state index is -3.87. The fourth-order valence-corrected chi connectivity index (χ4v) is 7.04. The van der Waals surface area contributed by atoms with Crippen LogP contribution < -0.4 is 4.74 Å². The maximum absolute atomic E-state index is 14.1. The number of hydrogen-bond acceptors (Lipinski definition) is 6. The molecule has 9 heteroatoms. The predicted molar refractivity (Wildman–Crippen MR) is 113 cm³/mol. The zero-order chi connectivity index (χ0) is 20.7. The van der Waals surface area contributed by atoms with E-state index < -0.39 is 15.8 Å². The summed E-state index contributed by atoms with van der Waals surface area (Å²) < 4.78 is 47.4. The molecule has 0 spiro atoms. The van der Waals surface area contributed by atoms with Crippen LogP contribution in [0.25, 0.3) is 0 Å². The van der Waals surface area contributed by atoms with Gasteiger partial charge in [-0.25, -0.2) is 17.8 Å². The van der Waals surface area contributed by atoms with E-state index in [1.165, 1.54) is 53.1 Å². The van der Waals surface area contributed by atoms with Crippen molar-refractivity contribution in [1.82, 2.24) is 14.2 Å². The number of fused-ring (bicyclic) bond motifs is 1. The van der Waals surface area contributed by atoms with Gasteiger partial charge < -0.3 is 9.64 Å². The Labute approximate surface area is 180 Å². The van der Waals surface area contributed by atoms with Crippen molar-refractivity contribution in [2.75, 3.05) is 19.6 Å². The highest BCUT2D eigenvalue weighted by atomic mass is 32.2. The molecule has 1 saturated carbocycles. The molecule has 1 saturated heterocycles. The lowest BCUT2D eigenvalue weighted by Gasteiger charge is -2.41. The first-order chi connectivity index (χ1) is 14.5. The second-order valence-electron chi connectivity index (χ2n) is 8.31. The van der Waals surface area contributed by atoms with Gasteiger partial charge in [0.15, 0.2) is 0 Å². The van der Waals surface area contributed by atoms with Crippen LogP contribution in [0.4, 0.5) is 4.39 Å². The van der Waals surface area contributed by atoms with Crippen LogP contribution in [0.15, 0.2) is 29.2 Å². The van der Waals surface area contributed by atoms with Gasteiger partial charge in [-0.05, 0) is 37.8 Å². The number of thiazole rings is 1. The largest absolute Gasteiger partial charge is 0.467 e. The molecule has 30 heavy (non-hydrogen) atoms. The van der Waals surface area contributed by atoms with Crippen molar-refractivity contribution >= 4 is 21.4 Å². The molecule has 0 radical (unpaired) electrons. The summed E-state index contributed by atoms with van der Waals surface area (Å²) in [5, 5.41) is 0.632. The van der Waals surface area contributed by atoms with Crippen molar-refractivity contribution in [3.05, 3.63) is 40.7 Å². The molecule has 1 aromatic heterocycles. The molecule has 162 valence electrons. The Hall–Kier alpha value is -1.55. The maximum atomic E-state index is 14.1. The van der Waals surface area contributed by atoms with Crippen molar-refractivity contribution in [2.45, 2.75) is 62.1 Å². The zero-order valence-electron chi connectivity index (χ0n) is 16.8. The Kier molecular flexibility index (Phi) is 5.55. The Morgan fingerprint density at radius 3 is 2.57 bits per heavy atom. The van der Waals surface area contributed by atoms with Gasteiger partial charge in [0.05, 0.1) is 12.2 Å². The zero-order valence-corrected chi connectivity index (χ0v) is 18.4. The van der Waals surface area contributed by atoms with Gasteiger partial charge in [0.1, 0.15) is 16.8 Å². The number of piperidine rings is 1. The molecule has 1 aliphatic carbocycles. The van der Waals surface area contributed by atoms with Crippen molar-refractivity contribution in [3.8, 4) is 5.19 Å². The number of hydrogen-bond donors (Lipinski definition) is 0. The van der Waals surface area contributed by atoms with Crippen molar-refractivity contribution in [2.24, 2.45) is 0 Å². The van der Waals surface area contributed by atoms with Crippen LogP contribution in [-0.4, -0.2) is 54.4 Å². The molecule has 3 heterocycles. The predicted octanol–water partition coefficient (Wildman–Crippen LogP) is 3.42. The number of sulfonamides is 1. The SMILES string of the molecule is O=S(=O)(c1ccccc1F)N1CCc2nc(OC3CCN(C4CCC4)CC3)sc2C1. The summed E-state index contributed by atoms with van der Waals surface area (Å²) in [6.45, 7) is 2.67. The van der Waals surface area contributed by atoms with E-state index in [-0.39, 0.29) is 17.5 Å². The third-order valence-electron chi connectivity index (χ3n) is 6.47. The third kappa shape index (κ3) is 3.88. The van der Waals surface area contributed by atoms with Gasteiger partial charge in [0.25, 0.3) is 5.19 Å². The lowest BCUT2D eigenvalue weighted by atomic mass is 9.90. The van der Waals surface area contributed by atoms with Crippen molar-refractivity contribution < 1.29 is 17.5 Å². The second kappa shape index (κ2) is 8.18. The monoisotopic (exact) mass is 451 g/mol. The van der Waals surface area contributed by atoms with E-state index in [1.807, 2.05) is 0 Å². The van der Waals surface area contributed by atoms with Gasteiger partial charge in [-0.3, -0.25) is 0 Å². The van der Waals surface area contributed by atoms with Crippen LogP contribution in [0.5, 0.6) is 5.19 Å². The standard InChI is InChI=1S/C21H26FN3O3S2/c22-17-6-1-2-7-20(17)30(26,27)25-13-10-18-19(14-25)29-21(23-18)28-16-8-11-24(12-9-16)15-4-3-5-15/h1-2,6-7,15-16H,3-5,8-14H2. The quantitative estimate of drug-likeness (QED) is 0.697. The highest BCUT2D eigenvalue weighted by Crippen LogP contribution is 2.34. The number of nitrogens with zero attached hydrogens (tertiary/aromatic N) is 3. The van der Waals surface area contributed by atoms with E-state index in [4.69, 9.17) is 4.74 Å². The van der Waals surface area contributed by atoms with E-state index in [2.05, 4.69) is 9.88 Å². The summed E-state index contributed by atoms with van der Waals surface area (Å²) in [5.74, 6) is -0.718. The average Bonchev–Trinajstić information content (AvgIpc) is 3.10. The van der Waals surface area contributed by atoms with Crippen LogP contribution in [0.1, 0.15) is 42.7 Å². The van der Waals surface area contributed by atoms with E-state index in [0.717, 1.165) is 42.5 Å². The molecule has 6 nitrogen and oxygen atoms in total. The Morgan fingerprint density at radius 1 is 1.10 bits per heavy atom. The number of halogens is 1. The van der Waals surface area contributed by atoms with Crippen LogP contribution in [0, 0.1) is 5.82 Å². The molecule has 5 rings (SSSR count). The molecule has 3 aliphatic rings. The third-order valence-corrected chi connectivity index (χ3v) is 9.32. The highest BCUT2D eigenvalue weighted by Gasteiger charge is 2.33. The lowest BCUT2D eigenvalue weighted by molar-refractivity contribution is 0.0492. The molecule has 0 N–H and O–H groups in total. The maximum Gasteiger partial charge on any atom is 0.273 e. The number of ether oxygens (including phenoxy) is 1. The summed E-state index contributed by atoms with van der Waals surface area (Å²) in [7, 11) is -3.87. The van der Waals surface area contributed by atoms with Gasteiger partial charge in [0, 0.05) is 37.0 Å². The van der Waals surface area contributed by atoms with E-state index in [0.29, 0.717) is 18.2 Å². The topological polar surface area (TPSA) is 62.7 Å². The van der Waals surface area contributed by atoms with E-state index in [9.17, 15) is 12.8 Å². The van der Waals surface area contributed by atoms with Crippen LogP contribution in [0.2, 0.25) is 0 Å². The van der Waals surface area contributed by atoms with Crippen molar-refractivity contribution in [1.29, 1.82) is 0 Å². The number of likely N-dealkylation sites (tertiary alicyclic amines) is 1. The van der Waals surface area contributed by atoms with Gasteiger partial charge >= 0.3 is 0 Å². The first-order valence-corrected chi connectivity index (χ1v) is 12.9. The van der Waals surface area contributed by atoms with Gasteiger partial charge in [-0.2, -0.15) is 4.31 Å². The fraction of sp³-hybridized carbons (Fsp3) is 0.571. The average molecular weight is 452 g/mol. The molecule has 2 aliphatic heterocycles. The summed E-state index contributed by atoms with van der Waals surface area (Å²) >= 11 is 1.42. The van der Waals surface area contributed by atoms with Gasteiger partial charge in [-0.15, -0.1) is 0 Å². The number of aromatic nitrogens is 1. The molecule has 0 atom stereocenters. The molecule has 2 fully saturated rings. The molecule has 0 bridgehead atoms. The summed E-state index contributed by atoms with van der Waals surface area (Å²) in [4.78, 5) is 7.83. The normalized spacial score (nSPS) is 21.9. The first kappa shape index (κ1) is 20.4. The first-order valence-electron chi connectivity index (χ1n) is 10.6. The Balaban J connectivity index is 1.23. The second-order valence-corrected chi connectivity index (χ2v) is 11.3. The molecule has 0 amide bonds. The van der Waals surface area contributed by atoms with E-state index >= 15 is 0 Å². The molecule has 1 aromatic carbocycles. The minimum absolute atomic E-state index is 0.173. The number of rotatable bonds is 5. The summed E-state index contributed by atoms with van der Waals surface area (Å²) in [6.07, 6.45) is 6.72. The van der Waals surface area contributed by atoms with Gasteiger partial charge in [-0.1, -0.05) is 29.9 Å². The Bertz CT molecular complexity index is 1010. The lowest BCUT2D eigenvalue weighted by Crippen LogP contribution is -2.46.